The van der Waals surface area contributed by atoms with Crippen molar-refractivity contribution < 1.29 is 14.3 Å². The van der Waals surface area contributed by atoms with Crippen molar-refractivity contribution in [3.8, 4) is 17.0 Å². The van der Waals surface area contributed by atoms with Crippen LogP contribution in [0.5, 0.6) is 5.75 Å². The molecular weight excluding hydrogens is 218 g/mol. The Kier molecular flexibility index (Phi) is 2.95. The van der Waals surface area contributed by atoms with Gasteiger partial charge in [0.15, 0.2) is 12.2 Å². The molecule has 2 rings (SSSR count). The van der Waals surface area contributed by atoms with Gasteiger partial charge in [-0.3, -0.25) is 4.79 Å². The molecule has 1 heterocycles. The van der Waals surface area contributed by atoms with Gasteiger partial charge < -0.3 is 9.52 Å². The van der Waals surface area contributed by atoms with Gasteiger partial charge >= 0.3 is 0 Å². The zero-order chi connectivity index (χ0) is 12.4. The number of hydrogen-bond donors (Lipinski definition) is 1. The molecule has 0 bridgehead atoms. The minimum Gasteiger partial charge on any atom is -0.506 e. The van der Waals surface area contributed by atoms with Gasteiger partial charge in [-0.15, -0.1) is 0 Å². The summed E-state index contributed by atoms with van der Waals surface area (Å²) in [6.07, 6.45) is 2.10. The van der Waals surface area contributed by atoms with Crippen LogP contribution in [0.1, 0.15) is 36.0 Å². The maximum atomic E-state index is 10.7. The predicted molar refractivity (Wildman–Crippen MR) is 63.1 cm³/mol. The van der Waals surface area contributed by atoms with Crippen molar-refractivity contribution in [3.63, 3.8) is 0 Å². The second-order valence-electron chi connectivity index (χ2n) is 4.09. The molecular formula is C13H13NO3. The van der Waals surface area contributed by atoms with E-state index < -0.39 is 0 Å². The van der Waals surface area contributed by atoms with E-state index in [-0.39, 0.29) is 17.2 Å². The summed E-state index contributed by atoms with van der Waals surface area (Å²) in [4.78, 5) is 15.0. The molecule has 0 amide bonds. The van der Waals surface area contributed by atoms with Gasteiger partial charge in [0, 0.05) is 11.5 Å². The Bertz CT molecular complexity index is 543. The molecule has 0 saturated heterocycles. The van der Waals surface area contributed by atoms with E-state index in [9.17, 15) is 9.90 Å². The van der Waals surface area contributed by atoms with Gasteiger partial charge in [-0.05, 0) is 12.1 Å². The molecule has 0 aliphatic carbocycles. The third-order valence-electron chi connectivity index (χ3n) is 2.49. The average molecular weight is 231 g/mol. The highest BCUT2D eigenvalue weighted by atomic mass is 16.3. The molecule has 0 spiro atoms. The van der Waals surface area contributed by atoms with Crippen LogP contribution in [0.3, 0.4) is 0 Å². The van der Waals surface area contributed by atoms with Crippen LogP contribution >= 0.6 is 0 Å². The lowest BCUT2D eigenvalue weighted by atomic mass is 10.1. The quantitative estimate of drug-likeness (QED) is 0.825. The third kappa shape index (κ3) is 2.06. The number of phenols is 1. The molecule has 88 valence electrons. The summed E-state index contributed by atoms with van der Waals surface area (Å²) < 4.78 is 5.30. The summed E-state index contributed by atoms with van der Waals surface area (Å²) in [7, 11) is 0. The van der Waals surface area contributed by atoms with Gasteiger partial charge in [0.1, 0.15) is 17.7 Å². The summed E-state index contributed by atoms with van der Waals surface area (Å²) in [6.45, 7) is 3.94. The van der Waals surface area contributed by atoms with Crippen molar-refractivity contribution in [2.75, 3.05) is 0 Å². The van der Waals surface area contributed by atoms with Gasteiger partial charge in [0.05, 0.1) is 5.56 Å². The van der Waals surface area contributed by atoms with Crippen LogP contribution in [0.2, 0.25) is 0 Å². The summed E-state index contributed by atoms with van der Waals surface area (Å²) in [5.41, 5.74) is 1.29. The van der Waals surface area contributed by atoms with Crippen LogP contribution in [0.15, 0.2) is 28.9 Å². The average Bonchev–Trinajstić information content (AvgIpc) is 2.78. The molecule has 0 atom stereocenters. The van der Waals surface area contributed by atoms with E-state index in [1.807, 2.05) is 13.8 Å². The first-order valence-corrected chi connectivity index (χ1v) is 5.36. The second kappa shape index (κ2) is 4.41. The fraction of sp³-hybridized carbons (Fsp3) is 0.231. The fourth-order valence-corrected chi connectivity index (χ4v) is 1.54. The largest absolute Gasteiger partial charge is 0.506 e. The highest BCUT2D eigenvalue weighted by molar-refractivity contribution is 5.84. The molecule has 0 fully saturated rings. The summed E-state index contributed by atoms with van der Waals surface area (Å²) in [5.74, 6) is 0.724. The number of oxazole rings is 1. The molecule has 0 aliphatic heterocycles. The number of aldehydes is 1. The number of nitrogens with zero attached hydrogens (tertiary/aromatic N) is 1. The smallest absolute Gasteiger partial charge is 0.197 e. The zero-order valence-electron chi connectivity index (χ0n) is 9.68. The predicted octanol–water partition coefficient (Wildman–Crippen LogP) is 2.98. The number of hydrogen-bond acceptors (Lipinski definition) is 4. The van der Waals surface area contributed by atoms with E-state index >= 15 is 0 Å². The van der Waals surface area contributed by atoms with Crippen LogP contribution < -0.4 is 0 Å². The monoisotopic (exact) mass is 231 g/mol. The molecule has 1 aromatic heterocycles. The SMILES string of the molecule is CC(C)c1nc(-c2cccc(C=O)c2O)co1. The van der Waals surface area contributed by atoms with Crippen molar-refractivity contribution in [1.29, 1.82) is 0 Å². The first-order valence-electron chi connectivity index (χ1n) is 5.36. The molecule has 0 saturated carbocycles. The minimum absolute atomic E-state index is 0.0638. The van der Waals surface area contributed by atoms with E-state index in [1.165, 1.54) is 6.26 Å². The lowest BCUT2D eigenvalue weighted by Crippen LogP contribution is -1.88. The summed E-state index contributed by atoms with van der Waals surface area (Å²) in [6, 6.07) is 4.95. The Morgan fingerprint density at radius 3 is 2.76 bits per heavy atom. The lowest BCUT2D eigenvalue weighted by molar-refractivity contribution is 0.112. The molecule has 2 aromatic rings. The third-order valence-corrected chi connectivity index (χ3v) is 2.49. The fourth-order valence-electron chi connectivity index (χ4n) is 1.54. The standard InChI is InChI=1S/C13H13NO3/c1-8(2)13-14-11(7-17-13)10-5-3-4-9(6-15)12(10)16/h3-8,16H,1-2H3. The first kappa shape index (κ1) is 11.4. The number of benzene rings is 1. The van der Waals surface area contributed by atoms with E-state index in [4.69, 9.17) is 4.42 Å². The second-order valence-corrected chi connectivity index (χ2v) is 4.09. The highest BCUT2D eigenvalue weighted by Gasteiger charge is 2.14. The Labute approximate surface area is 98.9 Å². The van der Waals surface area contributed by atoms with E-state index in [0.29, 0.717) is 23.4 Å². The van der Waals surface area contributed by atoms with Crippen LogP contribution in [0.25, 0.3) is 11.3 Å². The topological polar surface area (TPSA) is 63.3 Å². The number of aromatic nitrogens is 1. The molecule has 17 heavy (non-hydrogen) atoms. The number of carbonyl (C=O) groups excluding carboxylic acids is 1. The molecule has 4 heteroatoms. The Morgan fingerprint density at radius 1 is 1.41 bits per heavy atom. The van der Waals surface area contributed by atoms with Crippen molar-refractivity contribution in [2.45, 2.75) is 19.8 Å². The van der Waals surface area contributed by atoms with Crippen molar-refractivity contribution in [3.05, 3.63) is 35.9 Å². The van der Waals surface area contributed by atoms with Crippen molar-refractivity contribution in [2.24, 2.45) is 0 Å². The normalized spacial score (nSPS) is 10.8. The van der Waals surface area contributed by atoms with Crippen LogP contribution in [0, 0.1) is 0 Å². The lowest BCUT2D eigenvalue weighted by Gasteiger charge is -2.02. The van der Waals surface area contributed by atoms with Gasteiger partial charge in [-0.25, -0.2) is 4.98 Å². The van der Waals surface area contributed by atoms with Crippen molar-refractivity contribution in [1.82, 2.24) is 4.98 Å². The molecule has 4 nitrogen and oxygen atoms in total. The molecule has 1 N–H and O–H groups in total. The van der Waals surface area contributed by atoms with Crippen LogP contribution in [0.4, 0.5) is 0 Å². The number of para-hydroxylation sites is 1. The number of aromatic hydroxyl groups is 1. The van der Waals surface area contributed by atoms with Crippen LogP contribution in [-0.2, 0) is 0 Å². The maximum Gasteiger partial charge on any atom is 0.197 e. The van der Waals surface area contributed by atoms with Gasteiger partial charge in [-0.1, -0.05) is 19.9 Å². The van der Waals surface area contributed by atoms with Gasteiger partial charge in [0.2, 0.25) is 0 Å². The minimum atomic E-state index is -0.0638. The molecule has 0 aliphatic rings. The van der Waals surface area contributed by atoms with Crippen LogP contribution in [-0.4, -0.2) is 16.4 Å². The number of phenolic OH excluding ortho intramolecular Hbond substituents is 1. The van der Waals surface area contributed by atoms with E-state index in [1.54, 1.807) is 18.2 Å². The Balaban J connectivity index is 2.49. The Morgan fingerprint density at radius 2 is 2.18 bits per heavy atom. The van der Waals surface area contributed by atoms with E-state index in [0.717, 1.165) is 0 Å². The molecule has 0 radical (unpaired) electrons. The molecule has 1 aromatic carbocycles. The Hall–Kier alpha value is -2.10. The highest BCUT2D eigenvalue weighted by Crippen LogP contribution is 2.31. The van der Waals surface area contributed by atoms with Crippen molar-refractivity contribution >= 4 is 6.29 Å². The summed E-state index contributed by atoms with van der Waals surface area (Å²) >= 11 is 0. The molecule has 0 unspecified atom stereocenters. The number of rotatable bonds is 3. The number of carbonyl (C=O) groups is 1. The van der Waals surface area contributed by atoms with Gasteiger partial charge in [0.25, 0.3) is 0 Å². The first-order chi connectivity index (χ1) is 8.13. The van der Waals surface area contributed by atoms with Gasteiger partial charge in [-0.2, -0.15) is 0 Å². The zero-order valence-corrected chi connectivity index (χ0v) is 9.68. The van der Waals surface area contributed by atoms with E-state index in [2.05, 4.69) is 4.98 Å². The maximum absolute atomic E-state index is 10.7. The summed E-state index contributed by atoms with van der Waals surface area (Å²) in [5, 5.41) is 9.88.